The molecule has 2 N–H and O–H groups in total. The highest BCUT2D eigenvalue weighted by atomic mass is 32.2. The standard InChI is InChI=1S/C10H16N2O3S/c1-9-3-5-10(6-4-9)15-8-7-12(2)16(11,13)14/h3-6H,7-8H2,1-2H3,(H2,11,13,14). The van der Waals surface area contributed by atoms with Crippen LogP contribution in [0.4, 0.5) is 0 Å². The van der Waals surface area contributed by atoms with Crippen molar-refractivity contribution in [3.05, 3.63) is 29.8 Å². The molecular formula is C10H16N2O3S. The first-order valence-electron chi connectivity index (χ1n) is 4.83. The number of likely N-dealkylation sites (N-methyl/N-ethyl adjacent to an activating group) is 1. The first kappa shape index (κ1) is 13.0. The van der Waals surface area contributed by atoms with Crippen LogP contribution in [0.3, 0.4) is 0 Å². The molecule has 0 saturated carbocycles. The molecular weight excluding hydrogens is 228 g/mol. The van der Waals surface area contributed by atoms with E-state index < -0.39 is 10.2 Å². The monoisotopic (exact) mass is 244 g/mol. The van der Waals surface area contributed by atoms with E-state index in [9.17, 15) is 8.42 Å². The number of aryl methyl sites for hydroxylation is 1. The fraction of sp³-hybridized carbons (Fsp3) is 0.400. The Morgan fingerprint density at radius 2 is 1.88 bits per heavy atom. The van der Waals surface area contributed by atoms with Crippen LogP contribution in [-0.2, 0) is 10.2 Å². The number of ether oxygens (including phenoxy) is 1. The number of nitrogens with two attached hydrogens (primary N) is 1. The van der Waals surface area contributed by atoms with Crippen LogP contribution in [0.5, 0.6) is 5.75 Å². The third-order valence-electron chi connectivity index (χ3n) is 2.13. The number of rotatable bonds is 5. The summed E-state index contributed by atoms with van der Waals surface area (Å²) in [5.41, 5.74) is 1.15. The Hall–Kier alpha value is -1.11. The van der Waals surface area contributed by atoms with Gasteiger partial charge in [-0.1, -0.05) is 17.7 Å². The number of nitrogens with zero attached hydrogens (tertiary/aromatic N) is 1. The van der Waals surface area contributed by atoms with Crippen LogP contribution in [-0.4, -0.2) is 32.9 Å². The summed E-state index contributed by atoms with van der Waals surface area (Å²) in [6, 6.07) is 7.54. The van der Waals surface area contributed by atoms with E-state index in [2.05, 4.69) is 0 Å². The number of hydrogen-bond acceptors (Lipinski definition) is 3. The molecule has 0 saturated heterocycles. The van der Waals surface area contributed by atoms with Gasteiger partial charge in [-0.2, -0.15) is 12.7 Å². The predicted molar refractivity (Wildman–Crippen MR) is 62.4 cm³/mol. The molecule has 0 heterocycles. The van der Waals surface area contributed by atoms with Crippen LogP contribution in [0.1, 0.15) is 5.56 Å². The highest BCUT2D eigenvalue weighted by molar-refractivity contribution is 7.86. The summed E-state index contributed by atoms with van der Waals surface area (Å²) in [5, 5.41) is 4.92. The minimum absolute atomic E-state index is 0.229. The van der Waals surface area contributed by atoms with Gasteiger partial charge in [0.25, 0.3) is 10.2 Å². The molecule has 1 rings (SSSR count). The van der Waals surface area contributed by atoms with Crippen LogP contribution in [0.15, 0.2) is 24.3 Å². The first-order chi connectivity index (χ1) is 7.39. The molecule has 90 valence electrons. The van der Waals surface area contributed by atoms with Gasteiger partial charge in [-0.15, -0.1) is 0 Å². The van der Waals surface area contributed by atoms with Crippen molar-refractivity contribution in [3.63, 3.8) is 0 Å². The molecule has 0 aliphatic rings. The molecule has 0 unspecified atom stereocenters. The zero-order chi connectivity index (χ0) is 12.2. The maximum Gasteiger partial charge on any atom is 0.276 e. The number of benzene rings is 1. The lowest BCUT2D eigenvalue weighted by Gasteiger charge is -2.13. The second kappa shape index (κ2) is 5.29. The lowest BCUT2D eigenvalue weighted by Crippen LogP contribution is -2.36. The Morgan fingerprint density at radius 1 is 1.31 bits per heavy atom. The highest BCUT2D eigenvalue weighted by Gasteiger charge is 2.10. The van der Waals surface area contributed by atoms with Crippen molar-refractivity contribution >= 4 is 10.2 Å². The Balaban J connectivity index is 2.39. The van der Waals surface area contributed by atoms with E-state index >= 15 is 0 Å². The second-order valence-corrected chi connectivity index (χ2v) is 5.18. The molecule has 0 fully saturated rings. The van der Waals surface area contributed by atoms with Crippen molar-refractivity contribution in [3.8, 4) is 5.75 Å². The second-order valence-electron chi connectivity index (χ2n) is 3.53. The Labute approximate surface area is 96.0 Å². The van der Waals surface area contributed by atoms with Gasteiger partial charge < -0.3 is 4.74 Å². The summed E-state index contributed by atoms with van der Waals surface area (Å²) in [4.78, 5) is 0. The Bertz CT molecular complexity index is 428. The van der Waals surface area contributed by atoms with E-state index in [0.717, 1.165) is 9.87 Å². The van der Waals surface area contributed by atoms with Crippen LogP contribution >= 0.6 is 0 Å². The van der Waals surface area contributed by atoms with Crippen molar-refractivity contribution in [1.29, 1.82) is 0 Å². The van der Waals surface area contributed by atoms with Crippen LogP contribution < -0.4 is 9.88 Å². The van der Waals surface area contributed by atoms with Gasteiger partial charge in [0.05, 0.1) is 0 Å². The van der Waals surface area contributed by atoms with Gasteiger partial charge in [0.1, 0.15) is 12.4 Å². The predicted octanol–water partition coefficient (Wildman–Crippen LogP) is 0.509. The minimum Gasteiger partial charge on any atom is -0.492 e. The molecule has 5 nitrogen and oxygen atoms in total. The molecule has 0 bridgehead atoms. The highest BCUT2D eigenvalue weighted by Crippen LogP contribution is 2.11. The molecule has 0 aromatic heterocycles. The quantitative estimate of drug-likeness (QED) is 0.820. The van der Waals surface area contributed by atoms with Gasteiger partial charge in [0.15, 0.2) is 0 Å². The third-order valence-corrected chi connectivity index (χ3v) is 3.18. The van der Waals surface area contributed by atoms with Crippen LogP contribution in [0, 0.1) is 6.92 Å². The zero-order valence-corrected chi connectivity index (χ0v) is 10.2. The molecule has 0 aliphatic heterocycles. The fourth-order valence-corrected chi connectivity index (χ4v) is 1.38. The maximum absolute atomic E-state index is 10.9. The van der Waals surface area contributed by atoms with Gasteiger partial charge in [0, 0.05) is 13.6 Å². The topological polar surface area (TPSA) is 72.6 Å². The van der Waals surface area contributed by atoms with E-state index in [1.807, 2.05) is 31.2 Å². The molecule has 1 aromatic rings. The van der Waals surface area contributed by atoms with Gasteiger partial charge >= 0.3 is 0 Å². The average Bonchev–Trinajstić information content (AvgIpc) is 2.19. The van der Waals surface area contributed by atoms with Crippen molar-refractivity contribution in [1.82, 2.24) is 4.31 Å². The summed E-state index contributed by atoms with van der Waals surface area (Å²) < 4.78 is 28.1. The summed E-state index contributed by atoms with van der Waals surface area (Å²) >= 11 is 0. The largest absolute Gasteiger partial charge is 0.492 e. The van der Waals surface area contributed by atoms with Gasteiger partial charge in [-0.3, -0.25) is 0 Å². The van der Waals surface area contributed by atoms with Crippen molar-refractivity contribution in [2.45, 2.75) is 6.92 Å². The third kappa shape index (κ3) is 4.18. The summed E-state index contributed by atoms with van der Waals surface area (Å²) in [7, 11) is -2.20. The summed E-state index contributed by atoms with van der Waals surface area (Å²) in [6.07, 6.45) is 0. The maximum atomic E-state index is 10.9. The fourth-order valence-electron chi connectivity index (χ4n) is 1.05. The van der Waals surface area contributed by atoms with Crippen molar-refractivity contribution < 1.29 is 13.2 Å². The molecule has 6 heteroatoms. The average molecular weight is 244 g/mol. The molecule has 0 amide bonds. The summed E-state index contributed by atoms with van der Waals surface area (Å²) in [5.74, 6) is 0.716. The van der Waals surface area contributed by atoms with Crippen LogP contribution in [0.25, 0.3) is 0 Å². The van der Waals surface area contributed by atoms with Gasteiger partial charge in [0.2, 0.25) is 0 Å². The van der Waals surface area contributed by atoms with Gasteiger partial charge in [-0.25, -0.2) is 5.14 Å². The van der Waals surface area contributed by atoms with E-state index in [4.69, 9.17) is 9.88 Å². The van der Waals surface area contributed by atoms with Crippen molar-refractivity contribution in [2.75, 3.05) is 20.2 Å². The molecule has 0 spiro atoms. The lowest BCUT2D eigenvalue weighted by atomic mass is 10.2. The Morgan fingerprint density at radius 3 is 2.38 bits per heavy atom. The SMILES string of the molecule is Cc1ccc(OCCN(C)S(N)(=O)=O)cc1. The first-order valence-corrected chi connectivity index (χ1v) is 6.33. The molecule has 0 atom stereocenters. The molecule has 0 radical (unpaired) electrons. The molecule has 16 heavy (non-hydrogen) atoms. The molecule has 0 aliphatic carbocycles. The van der Waals surface area contributed by atoms with E-state index in [1.54, 1.807) is 0 Å². The smallest absolute Gasteiger partial charge is 0.276 e. The van der Waals surface area contributed by atoms with E-state index in [1.165, 1.54) is 7.05 Å². The summed E-state index contributed by atoms with van der Waals surface area (Å²) in [6.45, 7) is 2.49. The van der Waals surface area contributed by atoms with Crippen molar-refractivity contribution in [2.24, 2.45) is 5.14 Å². The normalized spacial score (nSPS) is 11.8. The van der Waals surface area contributed by atoms with E-state index in [-0.39, 0.29) is 13.2 Å². The Kier molecular flexibility index (Phi) is 4.28. The number of hydrogen-bond donors (Lipinski definition) is 1. The lowest BCUT2D eigenvalue weighted by molar-refractivity contribution is 0.287. The molecule has 1 aromatic carbocycles. The minimum atomic E-state index is -3.61. The van der Waals surface area contributed by atoms with E-state index in [0.29, 0.717) is 5.75 Å². The van der Waals surface area contributed by atoms with Crippen LogP contribution in [0.2, 0.25) is 0 Å². The van der Waals surface area contributed by atoms with Gasteiger partial charge in [-0.05, 0) is 19.1 Å². The zero-order valence-electron chi connectivity index (χ0n) is 9.38.